The molecule has 0 aliphatic rings. The molecule has 0 fully saturated rings. The first-order valence-electron chi connectivity index (χ1n) is 7.32. The van der Waals surface area contributed by atoms with Crippen molar-refractivity contribution in [3.05, 3.63) is 23.2 Å². The van der Waals surface area contributed by atoms with E-state index in [0.717, 1.165) is 11.3 Å². The Hall–Kier alpha value is -1.01. The van der Waals surface area contributed by atoms with Crippen LogP contribution in [-0.2, 0) is 13.1 Å². The maximum Gasteiger partial charge on any atom is 0.401 e. The maximum absolute atomic E-state index is 12.5. The first-order valence-corrected chi connectivity index (χ1v) is 7.32. The number of furan rings is 1. The van der Waals surface area contributed by atoms with Gasteiger partial charge in [0.1, 0.15) is 11.5 Å². The Labute approximate surface area is 124 Å². The van der Waals surface area contributed by atoms with Gasteiger partial charge in [0.2, 0.25) is 0 Å². The third-order valence-corrected chi connectivity index (χ3v) is 3.09. The van der Waals surface area contributed by atoms with E-state index < -0.39 is 12.7 Å². The molecule has 0 spiro atoms. The number of alkyl halides is 3. The Morgan fingerprint density at radius 2 is 2.00 bits per heavy atom. The van der Waals surface area contributed by atoms with Crippen LogP contribution in [0.1, 0.15) is 44.3 Å². The molecule has 3 nitrogen and oxygen atoms in total. The van der Waals surface area contributed by atoms with Crippen LogP contribution in [0.15, 0.2) is 10.5 Å². The number of hydrogen-bond acceptors (Lipinski definition) is 3. The van der Waals surface area contributed by atoms with Crippen LogP contribution in [0.25, 0.3) is 0 Å². The molecule has 1 aromatic heterocycles. The highest BCUT2D eigenvalue weighted by Crippen LogP contribution is 2.21. The zero-order chi connectivity index (χ0) is 16.0. The van der Waals surface area contributed by atoms with Crippen LogP contribution in [0.3, 0.4) is 0 Å². The molecule has 0 atom stereocenters. The highest BCUT2D eigenvalue weighted by atomic mass is 19.4. The molecule has 6 heteroatoms. The lowest BCUT2D eigenvalue weighted by Gasteiger charge is -2.21. The lowest BCUT2D eigenvalue weighted by Crippen LogP contribution is -2.34. The molecule has 0 saturated heterocycles. The van der Waals surface area contributed by atoms with Crippen molar-refractivity contribution in [1.29, 1.82) is 0 Å². The Kier molecular flexibility index (Phi) is 6.74. The largest absolute Gasteiger partial charge is 0.465 e. The number of aryl methyl sites for hydroxylation is 1. The van der Waals surface area contributed by atoms with Gasteiger partial charge >= 0.3 is 6.18 Å². The van der Waals surface area contributed by atoms with Crippen molar-refractivity contribution in [2.45, 2.75) is 59.4 Å². The van der Waals surface area contributed by atoms with E-state index in [1.54, 1.807) is 0 Å². The summed E-state index contributed by atoms with van der Waals surface area (Å²) < 4.78 is 43.2. The summed E-state index contributed by atoms with van der Waals surface area (Å²) in [4.78, 5) is 1.37. The molecule has 0 aromatic carbocycles. The fourth-order valence-electron chi connectivity index (χ4n) is 2.16. The predicted octanol–water partition coefficient (Wildman–Crippen LogP) is 3.86. The van der Waals surface area contributed by atoms with E-state index >= 15 is 0 Å². The number of rotatable bonds is 8. The lowest BCUT2D eigenvalue weighted by atomic mass is 10.2. The Bertz CT molecular complexity index is 427. The first kappa shape index (κ1) is 18.0. The van der Waals surface area contributed by atoms with Crippen LogP contribution in [0.2, 0.25) is 0 Å². The molecular weight excluding hydrogens is 281 g/mol. The first-order chi connectivity index (χ1) is 9.71. The monoisotopic (exact) mass is 306 g/mol. The van der Waals surface area contributed by atoms with Crippen molar-refractivity contribution < 1.29 is 17.6 Å². The number of nitrogens with zero attached hydrogens (tertiary/aromatic N) is 1. The van der Waals surface area contributed by atoms with E-state index in [1.807, 2.05) is 33.8 Å². The second-order valence-corrected chi connectivity index (χ2v) is 5.66. The zero-order valence-electron chi connectivity index (χ0n) is 13.2. The van der Waals surface area contributed by atoms with Crippen molar-refractivity contribution in [1.82, 2.24) is 10.2 Å². The predicted molar refractivity (Wildman–Crippen MR) is 77.0 cm³/mol. The smallest absolute Gasteiger partial charge is 0.401 e. The highest BCUT2D eigenvalue weighted by molar-refractivity contribution is 5.20. The average Bonchev–Trinajstić information content (AvgIpc) is 2.65. The molecule has 0 radical (unpaired) electrons. The van der Waals surface area contributed by atoms with E-state index in [1.165, 1.54) is 4.90 Å². The van der Waals surface area contributed by atoms with Crippen LogP contribution in [0.5, 0.6) is 0 Å². The lowest BCUT2D eigenvalue weighted by molar-refractivity contribution is -0.147. The fraction of sp³-hybridized carbons (Fsp3) is 0.733. The molecule has 21 heavy (non-hydrogen) atoms. The van der Waals surface area contributed by atoms with Crippen molar-refractivity contribution in [2.24, 2.45) is 0 Å². The topological polar surface area (TPSA) is 28.4 Å². The van der Waals surface area contributed by atoms with Crippen molar-refractivity contribution >= 4 is 0 Å². The third kappa shape index (κ3) is 7.00. The third-order valence-electron chi connectivity index (χ3n) is 3.09. The van der Waals surface area contributed by atoms with Gasteiger partial charge in [0, 0.05) is 18.2 Å². The number of nitrogens with one attached hydrogen (secondary N) is 1. The van der Waals surface area contributed by atoms with Crippen molar-refractivity contribution in [3.8, 4) is 0 Å². The van der Waals surface area contributed by atoms with Crippen LogP contribution >= 0.6 is 0 Å². The molecule has 122 valence electrons. The maximum atomic E-state index is 12.5. The standard InChI is InChI=1S/C15H25F3N2O/c1-5-6-20(10-15(16,17)18)9-14-7-13(12(4)21-14)8-19-11(2)3/h7,11,19H,5-6,8-10H2,1-4H3. The SMILES string of the molecule is CCCN(Cc1cc(CNC(C)C)c(C)o1)CC(F)(F)F. The molecule has 0 bridgehead atoms. The summed E-state index contributed by atoms with van der Waals surface area (Å²) in [5.74, 6) is 1.35. The molecule has 0 unspecified atom stereocenters. The molecule has 0 aliphatic heterocycles. The normalized spacial score (nSPS) is 12.6. The summed E-state index contributed by atoms with van der Waals surface area (Å²) in [6.45, 7) is 8.16. The average molecular weight is 306 g/mol. The number of halogens is 3. The van der Waals surface area contributed by atoms with E-state index in [2.05, 4.69) is 5.32 Å². The molecule has 0 saturated carbocycles. The summed E-state index contributed by atoms with van der Waals surface area (Å²) in [5.41, 5.74) is 1.00. The minimum Gasteiger partial charge on any atom is -0.465 e. The zero-order valence-corrected chi connectivity index (χ0v) is 13.2. The van der Waals surface area contributed by atoms with Crippen LogP contribution in [0, 0.1) is 6.92 Å². The van der Waals surface area contributed by atoms with Gasteiger partial charge in [0.15, 0.2) is 0 Å². The molecule has 0 aliphatic carbocycles. The van der Waals surface area contributed by atoms with Gasteiger partial charge < -0.3 is 9.73 Å². The molecule has 1 rings (SSSR count). The van der Waals surface area contributed by atoms with Crippen molar-refractivity contribution in [2.75, 3.05) is 13.1 Å². The summed E-state index contributed by atoms with van der Waals surface area (Å²) in [6.07, 6.45) is -3.50. The van der Waals surface area contributed by atoms with E-state index in [0.29, 0.717) is 31.3 Å². The van der Waals surface area contributed by atoms with Gasteiger partial charge in [-0.15, -0.1) is 0 Å². The van der Waals surface area contributed by atoms with Gasteiger partial charge in [0.25, 0.3) is 0 Å². The molecule has 0 amide bonds. The molecule has 1 aromatic rings. The van der Waals surface area contributed by atoms with E-state index in [9.17, 15) is 13.2 Å². The van der Waals surface area contributed by atoms with Crippen molar-refractivity contribution in [3.63, 3.8) is 0 Å². The van der Waals surface area contributed by atoms with Gasteiger partial charge in [-0.05, 0) is 26.0 Å². The van der Waals surface area contributed by atoms with Gasteiger partial charge in [-0.1, -0.05) is 20.8 Å². The van der Waals surface area contributed by atoms with Crippen LogP contribution < -0.4 is 5.32 Å². The van der Waals surface area contributed by atoms with Gasteiger partial charge in [-0.3, -0.25) is 4.90 Å². The quantitative estimate of drug-likeness (QED) is 0.790. The molecular formula is C15H25F3N2O. The molecule has 1 heterocycles. The second-order valence-electron chi connectivity index (χ2n) is 5.66. The second kappa shape index (κ2) is 7.84. The highest BCUT2D eigenvalue weighted by Gasteiger charge is 2.30. The van der Waals surface area contributed by atoms with Crippen LogP contribution in [-0.4, -0.2) is 30.2 Å². The summed E-state index contributed by atoms with van der Waals surface area (Å²) >= 11 is 0. The minimum absolute atomic E-state index is 0.190. The van der Waals surface area contributed by atoms with Crippen LogP contribution in [0.4, 0.5) is 13.2 Å². The Balaban J connectivity index is 2.68. The minimum atomic E-state index is -4.18. The van der Waals surface area contributed by atoms with Gasteiger partial charge in [-0.2, -0.15) is 13.2 Å². The molecule has 1 N–H and O–H groups in total. The van der Waals surface area contributed by atoms with E-state index in [-0.39, 0.29) is 6.54 Å². The summed E-state index contributed by atoms with van der Waals surface area (Å²) in [5, 5.41) is 3.28. The Morgan fingerprint density at radius 1 is 1.33 bits per heavy atom. The fourth-order valence-corrected chi connectivity index (χ4v) is 2.16. The summed E-state index contributed by atoms with van der Waals surface area (Å²) in [6, 6.07) is 2.20. The summed E-state index contributed by atoms with van der Waals surface area (Å²) in [7, 11) is 0. The van der Waals surface area contributed by atoms with Gasteiger partial charge in [0.05, 0.1) is 13.1 Å². The van der Waals surface area contributed by atoms with Gasteiger partial charge in [-0.25, -0.2) is 0 Å². The number of hydrogen-bond donors (Lipinski definition) is 1. The Morgan fingerprint density at radius 3 is 2.52 bits per heavy atom. The van der Waals surface area contributed by atoms with E-state index in [4.69, 9.17) is 4.42 Å².